The lowest BCUT2D eigenvalue weighted by Crippen LogP contribution is -2.43. The van der Waals surface area contributed by atoms with Gasteiger partial charge in [0, 0.05) is 0 Å². The van der Waals surface area contributed by atoms with Crippen LogP contribution in [0.1, 0.15) is 59.3 Å². The molecule has 6 heteroatoms. The molecule has 4 rings (SSSR count). The van der Waals surface area contributed by atoms with E-state index in [9.17, 15) is 14.4 Å². The van der Waals surface area contributed by atoms with Gasteiger partial charge in [-0.1, -0.05) is 99.7 Å². The third kappa shape index (κ3) is 7.23. The van der Waals surface area contributed by atoms with Crippen LogP contribution in [0.2, 0.25) is 0 Å². The molecule has 0 radical (unpaired) electrons. The summed E-state index contributed by atoms with van der Waals surface area (Å²) < 4.78 is 10.2. The van der Waals surface area contributed by atoms with Crippen molar-refractivity contribution in [2.75, 3.05) is 13.7 Å². The van der Waals surface area contributed by atoms with Gasteiger partial charge in [-0.3, -0.25) is 4.79 Å². The Labute approximate surface area is 230 Å². The first-order chi connectivity index (χ1) is 18.6. The number of rotatable bonds is 8. The van der Waals surface area contributed by atoms with Crippen molar-refractivity contribution in [2.24, 2.45) is 5.41 Å². The second-order valence-electron chi connectivity index (χ2n) is 10.9. The number of cyclic esters (lactones) is 1. The highest BCUT2D eigenvalue weighted by molar-refractivity contribution is 5.97. The third-order valence-corrected chi connectivity index (χ3v) is 6.74. The van der Waals surface area contributed by atoms with E-state index < -0.39 is 18.0 Å². The Bertz CT molecular complexity index is 1320. The molecule has 1 fully saturated rings. The van der Waals surface area contributed by atoms with Crippen LogP contribution >= 0.6 is 0 Å². The maximum absolute atomic E-state index is 14.1. The minimum Gasteiger partial charge on any atom is -0.465 e. The molecular formula is C33H35NO5. The van der Waals surface area contributed by atoms with Crippen LogP contribution in [0.5, 0.6) is 0 Å². The summed E-state index contributed by atoms with van der Waals surface area (Å²) in [6, 6.07) is 24.3. The number of allylic oxidation sites excluding steroid dienone is 1. The highest BCUT2D eigenvalue weighted by atomic mass is 16.6. The first-order valence-electron chi connectivity index (χ1n) is 13.1. The van der Waals surface area contributed by atoms with Gasteiger partial charge in [0.05, 0.1) is 24.6 Å². The van der Waals surface area contributed by atoms with Crippen LogP contribution < -0.4 is 0 Å². The molecule has 1 unspecified atom stereocenters. The molecule has 0 bridgehead atoms. The van der Waals surface area contributed by atoms with E-state index in [1.807, 2.05) is 66.7 Å². The van der Waals surface area contributed by atoms with E-state index in [-0.39, 0.29) is 24.0 Å². The highest BCUT2D eigenvalue weighted by Gasteiger charge is 2.41. The molecule has 1 aliphatic heterocycles. The van der Waals surface area contributed by atoms with E-state index in [1.54, 1.807) is 12.1 Å². The van der Waals surface area contributed by atoms with Gasteiger partial charge in [0.25, 0.3) is 0 Å². The zero-order valence-corrected chi connectivity index (χ0v) is 22.9. The Morgan fingerprint density at radius 2 is 1.64 bits per heavy atom. The third-order valence-electron chi connectivity index (χ3n) is 6.74. The number of carbonyl (C=O) groups excluding carboxylic acids is 3. The van der Waals surface area contributed by atoms with Crippen molar-refractivity contribution in [2.45, 2.75) is 45.6 Å². The molecule has 1 saturated heterocycles. The summed E-state index contributed by atoms with van der Waals surface area (Å²) in [6.07, 6.45) is 4.48. The first kappa shape index (κ1) is 27.8. The molecule has 1 heterocycles. The molecule has 0 aromatic heterocycles. The average Bonchev–Trinajstić information content (AvgIpc) is 3.30. The van der Waals surface area contributed by atoms with Crippen molar-refractivity contribution >= 4 is 24.0 Å². The molecule has 0 aliphatic carbocycles. The molecule has 202 valence electrons. The minimum absolute atomic E-state index is 0.0530. The quantitative estimate of drug-likeness (QED) is 0.316. The largest absolute Gasteiger partial charge is 0.465 e. The van der Waals surface area contributed by atoms with Gasteiger partial charge in [-0.15, -0.1) is 0 Å². The van der Waals surface area contributed by atoms with Crippen LogP contribution in [0, 0.1) is 5.41 Å². The Morgan fingerprint density at radius 1 is 0.974 bits per heavy atom. The molecule has 3 aromatic rings. The highest BCUT2D eigenvalue weighted by Crippen LogP contribution is 2.29. The predicted octanol–water partition coefficient (Wildman–Crippen LogP) is 6.45. The van der Waals surface area contributed by atoms with Gasteiger partial charge >= 0.3 is 12.1 Å². The predicted molar refractivity (Wildman–Crippen MR) is 151 cm³/mol. The Hall–Kier alpha value is -4.19. The fourth-order valence-electron chi connectivity index (χ4n) is 4.60. The Kier molecular flexibility index (Phi) is 8.65. The van der Waals surface area contributed by atoms with Crippen LogP contribution in [0.4, 0.5) is 4.79 Å². The van der Waals surface area contributed by atoms with Crippen molar-refractivity contribution < 1.29 is 23.9 Å². The lowest BCUT2D eigenvalue weighted by atomic mass is 9.89. The SMILES string of the molecule is COC(=O)c1ccc(CC(C(=O)N2C(=O)OC[C@H]2Cc2ccccc2)c2ccc(C=CC(C)(C)C)cc2)cc1. The summed E-state index contributed by atoms with van der Waals surface area (Å²) in [5.41, 5.74) is 4.23. The van der Waals surface area contributed by atoms with Gasteiger partial charge in [-0.2, -0.15) is 0 Å². The van der Waals surface area contributed by atoms with E-state index in [2.05, 4.69) is 32.9 Å². The van der Waals surface area contributed by atoms with Crippen LogP contribution in [-0.2, 0) is 27.1 Å². The van der Waals surface area contributed by atoms with E-state index in [0.717, 1.165) is 22.3 Å². The summed E-state index contributed by atoms with van der Waals surface area (Å²) in [4.78, 5) is 40.0. The number of amides is 2. The van der Waals surface area contributed by atoms with Crippen LogP contribution in [0.15, 0.2) is 84.9 Å². The van der Waals surface area contributed by atoms with E-state index >= 15 is 0 Å². The monoisotopic (exact) mass is 525 g/mol. The number of ether oxygens (including phenoxy) is 2. The maximum Gasteiger partial charge on any atom is 0.417 e. The fraction of sp³-hybridized carbons (Fsp3) is 0.303. The molecular weight excluding hydrogens is 490 g/mol. The number of carbonyl (C=O) groups is 3. The second-order valence-corrected chi connectivity index (χ2v) is 10.9. The van der Waals surface area contributed by atoms with Crippen molar-refractivity contribution in [1.29, 1.82) is 0 Å². The number of benzene rings is 3. The van der Waals surface area contributed by atoms with E-state index in [0.29, 0.717) is 18.4 Å². The Morgan fingerprint density at radius 3 is 2.26 bits per heavy atom. The topological polar surface area (TPSA) is 72.9 Å². The van der Waals surface area contributed by atoms with Gasteiger partial charge in [-0.05, 0) is 52.6 Å². The van der Waals surface area contributed by atoms with E-state index in [1.165, 1.54) is 12.0 Å². The maximum atomic E-state index is 14.1. The molecule has 3 aromatic carbocycles. The van der Waals surface area contributed by atoms with Gasteiger partial charge in [0.1, 0.15) is 6.61 Å². The minimum atomic E-state index is -0.614. The summed E-state index contributed by atoms with van der Waals surface area (Å²) in [7, 11) is 1.34. The molecule has 39 heavy (non-hydrogen) atoms. The zero-order chi connectivity index (χ0) is 28.0. The standard InChI is InChI=1S/C33H35NO5/c1-33(2,3)19-18-23-10-14-26(15-11-23)29(21-25-12-16-27(17-13-25)31(36)38-4)30(35)34-28(22-39-32(34)37)20-24-8-6-5-7-9-24/h5-19,28-29H,20-22H2,1-4H3/t28-,29?/m1/s1. The van der Waals surface area contributed by atoms with Gasteiger partial charge in [-0.25, -0.2) is 14.5 Å². The molecule has 0 saturated carbocycles. The molecule has 0 N–H and O–H groups in total. The van der Waals surface area contributed by atoms with Gasteiger partial charge in [0.15, 0.2) is 0 Å². The molecule has 0 spiro atoms. The number of methoxy groups -OCH3 is 1. The van der Waals surface area contributed by atoms with Crippen molar-refractivity contribution in [3.63, 3.8) is 0 Å². The number of hydrogen-bond acceptors (Lipinski definition) is 5. The first-order valence-corrected chi connectivity index (χ1v) is 13.1. The lowest BCUT2D eigenvalue weighted by Gasteiger charge is -2.25. The molecule has 2 amide bonds. The lowest BCUT2D eigenvalue weighted by molar-refractivity contribution is -0.130. The smallest absolute Gasteiger partial charge is 0.417 e. The number of hydrogen-bond donors (Lipinski definition) is 0. The van der Waals surface area contributed by atoms with Crippen molar-refractivity contribution in [1.82, 2.24) is 4.90 Å². The zero-order valence-electron chi connectivity index (χ0n) is 22.9. The second kappa shape index (κ2) is 12.1. The summed E-state index contributed by atoms with van der Waals surface area (Å²) in [5, 5.41) is 0. The molecule has 1 aliphatic rings. The summed E-state index contributed by atoms with van der Waals surface area (Å²) >= 11 is 0. The van der Waals surface area contributed by atoms with Crippen LogP contribution in [0.25, 0.3) is 6.08 Å². The molecule has 6 nitrogen and oxygen atoms in total. The normalized spacial score (nSPS) is 16.3. The fourth-order valence-corrected chi connectivity index (χ4v) is 4.60. The summed E-state index contributed by atoms with van der Waals surface area (Å²) in [5.74, 6) is -1.33. The van der Waals surface area contributed by atoms with Crippen molar-refractivity contribution in [3.8, 4) is 0 Å². The number of esters is 1. The number of nitrogens with zero attached hydrogens (tertiary/aromatic N) is 1. The Balaban J connectivity index is 1.64. The average molecular weight is 526 g/mol. The molecule has 2 atom stereocenters. The van der Waals surface area contributed by atoms with Gasteiger partial charge in [0.2, 0.25) is 5.91 Å². The van der Waals surface area contributed by atoms with Gasteiger partial charge < -0.3 is 9.47 Å². The number of imide groups is 1. The van der Waals surface area contributed by atoms with E-state index in [4.69, 9.17) is 9.47 Å². The van der Waals surface area contributed by atoms with Crippen molar-refractivity contribution in [3.05, 3.63) is 113 Å². The van der Waals surface area contributed by atoms with Crippen LogP contribution in [-0.4, -0.2) is 42.6 Å². The van der Waals surface area contributed by atoms with Crippen LogP contribution in [0.3, 0.4) is 0 Å². The summed E-state index contributed by atoms with van der Waals surface area (Å²) in [6.45, 7) is 6.58.